The lowest BCUT2D eigenvalue weighted by Gasteiger charge is -2.11. The Kier molecular flexibility index (Phi) is 6.67. The largest absolute Gasteiger partial charge is 0.330 e. The van der Waals surface area contributed by atoms with Gasteiger partial charge in [-0.15, -0.1) is 12.4 Å². The van der Waals surface area contributed by atoms with Crippen LogP contribution >= 0.6 is 35.0 Å². The SMILES string of the molecule is Cl.NCC[C@H](N)c1ccccc1I. The molecule has 74 valence electrons. The van der Waals surface area contributed by atoms with Crippen LogP contribution in [0.4, 0.5) is 0 Å². The summed E-state index contributed by atoms with van der Waals surface area (Å²) in [5.41, 5.74) is 12.6. The molecule has 0 radical (unpaired) electrons. The molecule has 0 aliphatic rings. The molecular weight excluding hydrogens is 298 g/mol. The summed E-state index contributed by atoms with van der Waals surface area (Å²) in [5, 5.41) is 0. The minimum absolute atomic E-state index is 0. The lowest BCUT2D eigenvalue weighted by Crippen LogP contribution is -2.16. The molecule has 2 nitrogen and oxygen atoms in total. The Bertz CT molecular complexity index is 255. The van der Waals surface area contributed by atoms with E-state index in [0.717, 1.165) is 6.42 Å². The molecule has 0 aromatic heterocycles. The lowest BCUT2D eigenvalue weighted by molar-refractivity contribution is 0.658. The molecule has 0 unspecified atom stereocenters. The van der Waals surface area contributed by atoms with Gasteiger partial charge in [0.2, 0.25) is 0 Å². The smallest absolute Gasteiger partial charge is 0.0317 e. The average Bonchev–Trinajstić information content (AvgIpc) is 2.05. The maximum absolute atomic E-state index is 5.92. The highest BCUT2D eigenvalue weighted by molar-refractivity contribution is 14.1. The minimum Gasteiger partial charge on any atom is -0.330 e. The van der Waals surface area contributed by atoms with Gasteiger partial charge in [0.05, 0.1) is 0 Å². The molecule has 4 N–H and O–H groups in total. The van der Waals surface area contributed by atoms with Crippen LogP contribution in [0.5, 0.6) is 0 Å². The van der Waals surface area contributed by atoms with E-state index in [-0.39, 0.29) is 18.4 Å². The zero-order valence-electron chi connectivity index (χ0n) is 7.24. The summed E-state index contributed by atoms with van der Waals surface area (Å²) in [6, 6.07) is 8.23. The number of benzene rings is 1. The predicted octanol–water partition coefficient (Wildman–Crippen LogP) is 2.06. The summed E-state index contributed by atoms with van der Waals surface area (Å²) in [6.07, 6.45) is 0.847. The molecule has 4 heteroatoms. The summed E-state index contributed by atoms with van der Waals surface area (Å²) in [6.45, 7) is 0.645. The van der Waals surface area contributed by atoms with Crippen molar-refractivity contribution in [3.63, 3.8) is 0 Å². The standard InChI is InChI=1S/C9H13IN2.ClH/c10-8-4-2-1-3-7(8)9(12)5-6-11;/h1-4,9H,5-6,11-12H2;1H/t9-;/m0./s1. The Hall–Kier alpha value is 0.160. The van der Waals surface area contributed by atoms with Crippen molar-refractivity contribution in [2.45, 2.75) is 12.5 Å². The molecule has 0 aliphatic carbocycles. The molecule has 0 saturated carbocycles. The molecule has 0 fully saturated rings. The monoisotopic (exact) mass is 312 g/mol. The van der Waals surface area contributed by atoms with Crippen molar-refractivity contribution in [2.24, 2.45) is 11.5 Å². The minimum atomic E-state index is 0. The third kappa shape index (κ3) is 3.81. The van der Waals surface area contributed by atoms with E-state index in [2.05, 4.69) is 34.7 Å². The van der Waals surface area contributed by atoms with E-state index in [1.165, 1.54) is 9.13 Å². The van der Waals surface area contributed by atoms with Gasteiger partial charge >= 0.3 is 0 Å². The first-order valence-electron chi connectivity index (χ1n) is 3.95. The van der Waals surface area contributed by atoms with E-state index in [4.69, 9.17) is 11.5 Å². The number of nitrogens with two attached hydrogens (primary N) is 2. The molecule has 1 aromatic carbocycles. The molecule has 13 heavy (non-hydrogen) atoms. The topological polar surface area (TPSA) is 52.0 Å². The van der Waals surface area contributed by atoms with Crippen LogP contribution in [0, 0.1) is 3.57 Å². The van der Waals surface area contributed by atoms with Crippen LogP contribution in [0.3, 0.4) is 0 Å². The fourth-order valence-corrected chi connectivity index (χ4v) is 1.90. The Labute approximate surface area is 98.6 Å². The lowest BCUT2D eigenvalue weighted by atomic mass is 10.1. The number of hydrogen-bond donors (Lipinski definition) is 2. The van der Waals surface area contributed by atoms with E-state index in [0.29, 0.717) is 6.54 Å². The molecule has 1 aromatic rings. The predicted molar refractivity (Wildman–Crippen MR) is 67.0 cm³/mol. The van der Waals surface area contributed by atoms with E-state index in [9.17, 15) is 0 Å². The first kappa shape index (κ1) is 13.2. The molecule has 0 heterocycles. The van der Waals surface area contributed by atoms with Gasteiger partial charge in [0.15, 0.2) is 0 Å². The summed E-state index contributed by atoms with van der Waals surface area (Å²) < 4.78 is 1.22. The average molecular weight is 313 g/mol. The normalized spacial score (nSPS) is 11.9. The van der Waals surface area contributed by atoms with Gasteiger partial charge in [-0.05, 0) is 47.2 Å². The van der Waals surface area contributed by atoms with Crippen LogP contribution in [-0.4, -0.2) is 6.54 Å². The van der Waals surface area contributed by atoms with Gasteiger partial charge in [0.25, 0.3) is 0 Å². The van der Waals surface area contributed by atoms with Crippen molar-refractivity contribution in [2.75, 3.05) is 6.54 Å². The summed E-state index contributed by atoms with van der Waals surface area (Å²) in [7, 11) is 0. The molecule has 1 atom stereocenters. The van der Waals surface area contributed by atoms with Crippen molar-refractivity contribution in [3.05, 3.63) is 33.4 Å². The maximum Gasteiger partial charge on any atom is 0.0317 e. The van der Waals surface area contributed by atoms with Gasteiger partial charge < -0.3 is 11.5 Å². The van der Waals surface area contributed by atoms with Crippen LogP contribution in [0.2, 0.25) is 0 Å². The van der Waals surface area contributed by atoms with Crippen LogP contribution in [-0.2, 0) is 0 Å². The second-order valence-corrected chi connectivity index (χ2v) is 3.87. The van der Waals surface area contributed by atoms with Gasteiger partial charge in [-0.1, -0.05) is 18.2 Å². The first-order chi connectivity index (χ1) is 5.75. The fourth-order valence-electron chi connectivity index (χ4n) is 1.11. The number of halogens is 2. The van der Waals surface area contributed by atoms with E-state index in [1.54, 1.807) is 0 Å². The van der Waals surface area contributed by atoms with E-state index >= 15 is 0 Å². The zero-order valence-corrected chi connectivity index (χ0v) is 10.2. The molecule has 0 aliphatic heterocycles. The van der Waals surface area contributed by atoms with Crippen molar-refractivity contribution in [3.8, 4) is 0 Å². The number of rotatable bonds is 3. The third-order valence-corrected chi connectivity index (χ3v) is 2.76. The van der Waals surface area contributed by atoms with Gasteiger partial charge in [-0.25, -0.2) is 0 Å². The van der Waals surface area contributed by atoms with Crippen molar-refractivity contribution < 1.29 is 0 Å². The molecule has 1 rings (SSSR count). The molecular formula is C9H14ClIN2. The van der Waals surface area contributed by atoms with Crippen molar-refractivity contribution >= 4 is 35.0 Å². The summed E-state index contributed by atoms with van der Waals surface area (Å²) >= 11 is 2.29. The fraction of sp³-hybridized carbons (Fsp3) is 0.333. The summed E-state index contributed by atoms with van der Waals surface area (Å²) in [4.78, 5) is 0. The van der Waals surface area contributed by atoms with Crippen molar-refractivity contribution in [1.82, 2.24) is 0 Å². The Morgan fingerprint density at radius 2 is 1.92 bits per heavy atom. The quantitative estimate of drug-likeness (QED) is 0.840. The zero-order chi connectivity index (χ0) is 8.97. The summed E-state index contributed by atoms with van der Waals surface area (Å²) in [5.74, 6) is 0. The van der Waals surface area contributed by atoms with E-state index < -0.39 is 0 Å². The second kappa shape index (κ2) is 6.59. The highest BCUT2D eigenvalue weighted by Gasteiger charge is 2.06. The van der Waals surface area contributed by atoms with Crippen LogP contribution in [0.15, 0.2) is 24.3 Å². The van der Waals surface area contributed by atoms with Gasteiger partial charge in [0.1, 0.15) is 0 Å². The molecule has 0 bridgehead atoms. The van der Waals surface area contributed by atoms with Gasteiger partial charge in [-0.2, -0.15) is 0 Å². The molecule has 0 spiro atoms. The Morgan fingerprint density at radius 3 is 2.46 bits per heavy atom. The van der Waals surface area contributed by atoms with Crippen LogP contribution < -0.4 is 11.5 Å². The molecule has 0 amide bonds. The number of hydrogen-bond acceptors (Lipinski definition) is 2. The highest BCUT2D eigenvalue weighted by atomic mass is 127. The highest BCUT2D eigenvalue weighted by Crippen LogP contribution is 2.19. The Balaban J connectivity index is 0.00000144. The second-order valence-electron chi connectivity index (χ2n) is 2.71. The van der Waals surface area contributed by atoms with Gasteiger partial charge in [0, 0.05) is 9.61 Å². The van der Waals surface area contributed by atoms with Crippen molar-refractivity contribution in [1.29, 1.82) is 0 Å². The third-order valence-electron chi connectivity index (χ3n) is 1.78. The van der Waals surface area contributed by atoms with Crippen LogP contribution in [0.25, 0.3) is 0 Å². The van der Waals surface area contributed by atoms with Gasteiger partial charge in [-0.3, -0.25) is 0 Å². The van der Waals surface area contributed by atoms with E-state index in [1.807, 2.05) is 12.1 Å². The van der Waals surface area contributed by atoms with Crippen LogP contribution in [0.1, 0.15) is 18.0 Å². The first-order valence-corrected chi connectivity index (χ1v) is 5.03. The Morgan fingerprint density at radius 1 is 1.31 bits per heavy atom. The molecule has 0 saturated heterocycles. The maximum atomic E-state index is 5.92.